The molecular formula is C16H9N4NaO8S2. The molecular weight excluding hydrogens is 463 g/mol. The van der Waals surface area contributed by atoms with Crippen molar-refractivity contribution in [1.82, 2.24) is 20.2 Å². The topological polar surface area (TPSA) is 189 Å². The Morgan fingerprint density at radius 2 is 1.48 bits per heavy atom. The van der Waals surface area contributed by atoms with Crippen molar-refractivity contribution in [2.45, 2.75) is 10.2 Å². The molecule has 0 aromatic carbocycles. The maximum absolute atomic E-state index is 11.3. The van der Waals surface area contributed by atoms with Gasteiger partial charge < -0.3 is 13.4 Å². The Kier molecular flexibility index (Phi) is 6.43. The van der Waals surface area contributed by atoms with Crippen LogP contribution in [0.4, 0.5) is 0 Å². The van der Waals surface area contributed by atoms with Crippen LogP contribution in [0.3, 0.4) is 0 Å². The molecule has 0 amide bonds. The van der Waals surface area contributed by atoms with E-state index in [2.05, 4.69) is 20.2 Å². The Bertz CT molecular complexity index is 1450. The summed E-state index contributed by atoms with van der Waals surface area (Å²) in [6.07, 6.45) is 1.49. The van der Waals surface area contributed by atoms with Crippen LogP contribution in [0, 0.1) is 0 Å². The average Bonchev–Trinajstić information content (AvgIpc) is 3.37. The van der Waals surface area contributed by atoms with Gasteiger partial charge in [-0.05, 0) is 36.4 Å². The van der Waals surface area contributed by atoms with E-state index in [1.54, 1.807) is 18.2 Å². The first-order valence-electron chi connectivity index (χ1n) is 7.93. The first-order valence-corrected chi connectivity index (χ1v) is 10.8. The summed E-state index contributed by atoms with van der Waals surface area (Å²) in [4.78, 5) is 8.35. The first kappa shape index (κ1) is 23.2. The summed E-state index contributed by atoms with van der Waals surface area (Å²) in [5.74, 6) is -0.285. The van der Waals surface area contributed by atoms with Crippen molar-refractivity contribution in [2.75, 3.05) is 0 Å². The van der Waals surface area contributed by atoms with Crippen molar-refractivity contribution in [3.8, 4) is 34.4 Å². The van der Waals surface area contributed by atoms with E-state index in [-0.39, 0.29) is 58.3 Å². The molecule has 0 aliphatic carbocycles. The number of pyridine rings is 1. The number of hydrogen-bond acceptors (Lipinski definition) is 11. The fourth-order valence-corrected chi connectivity index (χ4v) is 3.30. The molecule has 0 bridgehead atoms. The zero-order chi connectivity index (χ0) is 21.5. The molecule has 1 N–H and O–H groups in total. The fraction of sp³-hybridized carbons (Fsp3) is 0. The van der Waals surface area contributed by atoms with Gasteiger partial charge in [-0.1, -0.05) is 6.07 Å². The molecule has 0 aliphatic rings. The Balaban J connectivity index is 0.00000272. The molecule has 0 aliphatic heterocycles. The van der Waals surface area contributed by atoms with Gasteiger partial charge in [0.2, 0.25) is 16.0 Å². The van der Waals surface area contributed by atoms with Crippen molar-refractivity contribution in [3.05, 3.63) is 48.7 Å². The summed E-state index contributed by atoms with van der Waals surface area (Å²) in [5, 5.41) is 6.27. The van der Waals surface area contributed by atoms with Gasteiger partial charge in [0.15, 0.2) is 27.3 Å². The van der Waals surface area contributed by atoms with Crippen molar-refractivity contribution in [1.29, 1.82) is 0 Å². The minimum Gasteiger partial charge on any atom is -0.742 e. The monoisotopic (exact) mass is 472 g/mol. The Morgan fingerprint density at radius 3 is 2.03 bits per heavy atom. The van der Waals surface area contributed by atoms with Crippen LogP contribution < -0.4 is 29.6 Å². The summed E-state index contributed by atoms with van der Waals surface area (Å²) in [6.45, 7) is 0. The van der Waals surface area contributed by atoms with Gasteiger partial charge >= 0.3 is 39.7 Å². The van der Waals surface area contributed by atoms with Crippen LogP contribution in [0.1, 0.15) is 0 Å². The normalized spacial score (nSPS) is 11.8. The first-order chi connectivity index (χ1) is 14.1. The van der Waals surface area contributed by atoms with E-state index in [1.807, 2.05) is 0 Å². The van der Waals surface area contributed by atoms with E-state index in [4.69, 9.17) is 13.4 Å². The predicted octanol–water partition coefficient (Wildman–Crippen LogP) is -1.39. The van der Waals surface area contributed by atoms with Gasteiger partial charge in [-0.15, -0.1) is 10.2 Å². The number of rotatable bonds is 5. The standard InChI is InChI=1S/C16H10N4O8S2.Na/c21-29(22,23)12-6-4-10(27-12)14-15(11-5-7-13(28-11)30(24,25)26)19-20-16(18-14)9-3-1-2-8-17-9;/h1-8H,(H,21,22,23)(H,24,25,26);/q;+1/p-1. The SMILES string of the molecule is O=S(=O)([O-])c1ccc(-c2nnc(-c3ccccn3)nc2-c2ccc(S(=O)(=O)O)o2)o1.[Na+]. The minimum absolute atomic E-state index is 0. The van der Waals surface area contributed by atoms with Gasteiger partial charge in [0.05, 0.1) is 0 Å². The van der Waals surface area contributed by atoms with Gasteiger partial charge in [0.25, 0.3) is 0 Å². The van der Waals surface area contributed by atoms with Gasteiger partial charge in [-0.25, -0.2) is 13.4 Å². The Labute approximate surface area is 197 Å². The molecule has 0 saturated heterocycles. The molecule has 12 nitrogen and oxygen atoms in total. The van der Waals surface area contributed by atoms with E-state index in [9.17, 15) is 21.4 Å². The second-order valence-corrected chi connectivity index (χ2v) is 8.38. The fourth-order valence-electron chi connectivity index (χ4n) is 2.44. The van der Waals surface area contributed by atoms with Crippen molar-refractivity contribution >= 4 is 20.2 Å². The van der Waals surface area contributed by atoms with Crippen LogP contribution in [-0.2, 0) is 20.2 Å². The molecule has 4 rings (SSSR count). The third-order valence-corrected chi connectivity index (χ3v) is 5.15. The molecule has 0 spiro atoms. The van der Waals surface area contributed by atoms with E-state index in [0.717, 1.165) is 18.2 Å². The summed E-state index contributed by atoms with van der Waals surface area (Å²) in [6, 6.07) is 9.24. The Morgan fingerprint density at radius 1 is 0.839 bits per heavy atom. The van der Waals surface area contributed by atoms with Crippen molar-refractivity contribution < 1.29 is 64.3 Å². The van der Waals surface area contributed by atoms with Crippen LogP contribution in [-0.4, -0.2) is 46.1 Å². The smallest absolute Gasteiger partial charge is 0.742 e. The quantitative estimate of drug-likeness (QED) is 0.265. The molecule has 0 radical (unpaired) electrons. The largest absolute Gasteiger partial charge is 1.00 e. The molecule has 0 saturated carbocycles. The molecule has 4 aromatic heterocycles. The molecule has 0 fully saturated rings. The van der Waals surface area contributed by atoms with Gasteiger partial charge in [-0.2, -0.15) is 8.42 Å². The van der Waals surface area contributed by atoms with Gasteiger partial charge in [-0.3, -0.25) is 9.54 Å². The Hall–Kier alpha value is -2.46. The summed E-state index contributed by atoms with van der Waals surface area (Å²) < 4.78 is 75.5. The maximum Gasteiger partial charge on any atom is 1.00 e. The molecule has 0 atom stereocenters. The van der Waals surface area contributed by atoms with E-state index in [0.29, 0.717) is 5.69 Å². The third kappa shape index (κ3) is 4.90. The average molecular weight is 472 g/mol. The van der Waals surface area contributed by atoms with Gasteiger partial charge in [0, 0.05) is 6.20 Å². The predicted molar refractivity (Wildman–Crippen MR) is 96.2 cm³/mol. The molecule has 4 aromatic rings. The van der Waals surface area contributed by atoms with E-state index < -0.39 is 30.4 Å². The summed E-state index contributed by atoms with van der Waals surface area (Å²) >= 11 is 0. The number of furan rings is 2. The number of hydrogen-bond donors (Lipinski definition) is 1. The van der Waals surface area contributed by atoms with Crippen LogP contribution in [0.25, 0.3) is 34.4 Å². The molecule has 15 heteroatoms. The zero-order valence-electron chi connectivity index (χ0n) is 15.5. The summed E-state index contributed by atoms with van der Waals surface area (Å²) in [5.41, 5.74) is 0.104. The van der Waals surface area contributed by atoms with Crippen molar-refractivity contribution in [3.63, 3.8) is 0 Å². The summed E-state index contributed by atoms with van der Waals surface area (Å²) in [7, 11) is -9.50. The van der Waals surface area contributed by atoms with Crippen LogP contribution in [0.15, 0.2) is 67.7 Å². The number of aromatic nitrogens is 4. The second kappa shape index (κ2) is 8.58. The van der Waals surface area contributed by atoms with Crippen molar-refractivity contribution in [2.24, 2.45) is 0 Å². The molecule has 154 valence electrons. The molecule has 31 heavy (non-hydrogen) atoms. The third-order valence-electron chi connectivity index (χ3n) is 3.71. The van der Waals surface area contributed by atoms with E-state index in [1.165, 1.54) is 12.3 Å². The van der Waals surface area contributed by atoms with Crippen LogP contribution in [0.2, 0.25) is 0 Å². The molecule has 0 unspecified atom stereocenters. The number of nitrogens with zero attached hydrogens (tertiary/aromatic N) is 4. The van der Waals surface area contributed by atoms with Gasteiger partial charge in [0.1, 0.15) is 11.4 Å². The maximum atomic E-state index is 11.3. The minimum atomic E-state index is -4.86. The zero-order valence-corrected chi connectivity index (χ0v) is 19.2. The van der Waals surface area contributed by atoms with E-state index >= 15 is 0 Å². The molecule has 4 heterocycles. The second-order valence-electron chi connectivity index (χ2n) is 5.71. The van der Waals surface area contributed by atoms with Crippen LogP contribution in [0.5, 0.6) is 0 Å². The van der Waals surface area contributed by atoms with Crippen LogP contribution >= 0.6 is 0 Å².